The molecule has 8 nitrogen and oxygen atoms in total. The molecule has 0 aliphatic rings. The number of hydrogen-bond acceptors (Lipinski definition) is 6. The third kappa shape index (κ3) is 2.61. The molecule has 0 fully saturated rings. The highest BCUT2D eigenvalue weighted by Gasteiger charge is 2.10. The summed E-state index contributed by atoms with van der Waals surface area (Å²) < 4.78 is 3.21. The van der Waals surface area contributed by atoms with Gasteiger partial charge in [-0.25, -0.2) is 0 Å². The highest BCUT2D eigenvalue weighted by molar-refractivity contribution is 5.63. The van der Waals surface area contributed by atoms with Gasteiger partial charge in [0.05, 0.1) is 5.69 Å². The van der Waals surface area contributed by atoms with E-state index in [9.17, 15) is 0 Å². The van der Waals surface area contributed by atoms with Gasteiger partial charge in [0.1, 0.15) is 5.82 Å². The Hall–Kier alpha value is -3.29. The number of benzene rings is 1. The van der Waals surface area contributed by atoms with Gasteiger partial charge in [-0.1, -0.05) is 30.3 Å². The molecule has 0 aliphatic carbocycles. The van der Waals surface area contributed by atoms with Crippen LogP contribution in [-0.2, 0) is 13.6 Å². The Morgan fingerprint density at radius 1 is 1.04 bits per heavy atom. The van der Waals surface area contributed by atoms with Crippen LogP contribution in [0.15, 0.2) is 48.7 Å². The number of fused-ring (bicyclic) bond motifs is 1. The number of hydrogen-bond donors (Lipinski definition) is 1. The third-order valence-corrected chi connectivity index (χ3v) is 3.48. The van der Waals surface area contributed by atoms with Gasteiger partial charge in [0.15, 0.2) is 5.65 Å². The molecule has 3 heterocycles. The minimum Gasteiger partial charge on any atom is -0.364 e. The molecule has 114 valence electrons. The minimum atomic E-state index is 0.610. The highest BCUT2D eigenvalue weighted by Crippen LogP contribution is 2.22. The fourth-order valence-corrected chi connectivity index (χ4v) is 2.44. The maximum atomic E-state index is 4.55. The van der Waals surface area contributed by atoms with Crippen LogP contribution in [0.25, 0.3) is 16.9 Å². The van der Waals surface area contributed by atoms with Crippen LogP contribution in [-0.4, -0.2) is 35.0 Å². The average Bonchev–Trinajstić information content (AvgIpc) is 3.19. The van der Waals surface area contributed by atoms with Crippen molar-refractivity contribution in [2.24, 2.45) is 7.05 Å². The fraction of sp³-hybridized carbons (Fsp3) is 0.133. The van der Waals surface area contributed by atoms with Gasteiger partial charge in [0.25, 0.3) is 0 Å². The summed E-state index contributed by atoms with van der Waals surface area (Å²) in [5.74, 6) is 0.702. The Morgan fingerprint density at radius 3 is 2.78 bits per heavy atom. The van der Waals surface area contributed by atoms with Gasteiger partial charge in [-0.15, -0.1) is 14.8 Å². The summed E-state index contributed by atoms with van der Waals surface area (Å²) in [4.78, 5) is 0. The van der Waals surface area contributed by atoms with Gasteiger partial charge in [-0.2, -0.15) is 5.10 Å². The molecule has 1 aromatic carbocycles. The van der Waals surface area contributed by atoms with Crippen LogP contribution >= 0.6 is 0 Å². The van der Waals surface area contributed by atoms with Gasteiger partial charge in [0.2, 0.25) is 0 Å². The maximum Gasteiger partial charge on any atom is 0.200 e. The number of anilines is 1. The van der Waals surface area contributed by atoms with Gasteiger partial charge in [-0.05, 0) is 22.6 Å². The summed E-state index contributed by atoms with van der Waals surface area (Å²) in [6.07, 6.45) is 2.00. The number of tetrazole rings is 1. The van der Waals surface area contributed by atoms with Crippen molar-refractivity contribution in [1.82, 2.24) is 35.0 Å². The van der Waals surface area contributed by atoms with Crippen molar-refractivity contribution in [2.45, 2.75) is 6.54 Å². The third-order valence-electron chi connectivity index (χ3n) is 3.48. The Labute approximate surface area is 131 Å². The zero-order valence-electron chi connectivity index (χ0n) is 12.5. The van der Waals surface area contributed by atoms with Crippen molar-refractivity contribution >= 4 is 11.5 Å². The lowest BCUT2D eigenvalue weighted by atomic mass is 10.1. The quantitative estimate of drug-likeness (QED) is 0.615. The van der Waals surface area contributed by atoms with Crippen LogP contribution < -0.4 is 5.32 Å². The summed E-state index contributed by atoms with van der Waals surface area (Å²) in [5.41, 5.74) is 3.76. The molecule has 0 bridgehead atoms. The van der Waals surface area contributed by atoms with Gasteiger partial charge >= 0.3 is 0 Å². The van der Waals surface area contributed by atoms with E-state index in [-0.39, 0.29) is 0 Å². The second kappa shape index (κ2) is 5.48. The van der Waals surface area contributed by atoms with Crippen molar-refractivity contribution in [3.63, 3.8) is 0 Å². The van der Waals surface area contributed by atoms with E-state index in [0.717, 1.165) is 16.8 Å². The first-order chi connectivity index (χ1) is 11.3. The lowest BCUT2D eigenvalue weighted by Gasteiger charge is -2.05. The Kier molecular flexibility index (Phi) is 3.19. The molecule has 0 amide bonds. The average molecular weight is 306 g/mol. The first-order valence-electron chi connectivity index (χ1n) is 7.17. The molecule has 4 aromatic rings. The largest absolute Gasteiger partial charge is 0.364 e. The number of nitrogens with one attached hydrogen (secondary N) is 1. The monoisotopic (exact) mass is 306 g/mol. The fourth-order valence-electron chi connectivity index (χ4n) is 2.44. The summed E-state index contributed by atoms with van der Waals surface area (Å²) >= 11 is 0. The van der Waals surface area contributed by atoms with E-state index in [4.69, 9.17) is 0 Å². The first-order valence-corrected chi connectivity index (χ1v) is 7.17. The number of aromatic nitrogens is 7. The van der Waals surface area contributed by atoms with Crippen molar-refractivity contribution < 1.29 is 0 Å². The molecule has 0 unspecified atom stereocenters. The number of rotatable bonds is 4. The lowest BCUT2D eigenvalue weighted by Crippen LogP contribution is -2.05. The summed E-state index contributed by atoms with van der Waals surface area (Å²) in [5, 5.41) is 23.3. The first kappa shape index (κ1) is 13.4. The van der Waals surface area contributed by atoms with Crippen molar-refractivity contribution in [3.8, 4) is 11.3 Å². The predicted octanol–water partition coefficient (Wildman–Crippen LogP) is 1.53. The van der Waals surface area contributed by atoms with E-state index < -0.39 is 0 Å². The second-order valence-corrected chi connectivity index (χ2v) is 5.14. The van der Waals surface area contributed by atoms with E-state index in [0.29, 0.717) is 18.0 Å². The van der Waals surface area contributed by atoms with Crippen LogP contribution in [0.2, 0.25) is 0 Å². The Morgan fingerprint density at radius 2 is 1.91 bits per heavy atom. The molecule has 0 saturated heterocycles. The van der Waals surface area contributed by atoms with Gasteiger partial charge in [-0.3, -0.25) is 4.68 Å². The SMILES string of the molecule is Cn1cc(CNc2ccc3nnnn3n2)c(-c2ccccc2)n1. The lowest BCUT2D eigenvalue weighted by molar-refractivity contribution is 0.734. The second-order valence-electron chi connectivity index (χ2n) is 5.14. The molecule has 1 N–H and O–H groups in total. The van der Waals surface area contributed by atoms with E-state index >= 15 is 0 Å². The normalized spacial score (nSPS) is 11.0. The summed E-state index contributed by atoms with van der Waals surface area (Å²) in [6.45, 7) is 0.610. The molecule has 0 atom stereocenters. The summed E-state index contributed by atoms with van der Waals surface area (Å²) in [6, 6.07) is 13.8. The van der Waals surface area contributed by atoms with E-state index in [1.807, 2.05) is 48.3 Å². The van der Waals surface area contributed by atoms with Crippen molar-refractivity contribution in [3.05, 3.63) is 54.2 Å². The molecule has 0 saturated carbocycles. The molecule has 0 spiro atoms. The van der Waals surface area contributed by atoms with Gasteiger partial charge < -0.3 is 5.32 Å². The Bertz CT molecular complexity index is 940. The summed E-state index contributed by atoms with van der Waals surface area (Å²) in [7, 11) is 1.92. The molecule has 0 radical (unpaired) electrons. The van der Waals surface area contributed by atoms with Crippen molar-refractivity contribution in [2.75, 3.05) is 5.32 Å². The zero-order chi connectivity index (χ0) is 15.6. The highest BCUT2D eigenvalue weighted by atomic mass is 15.6. The molecule has 8 heteroatoms. The number of aryl methyl sites for hydroxylation is 1. The van der Waals surface area contributed by atoms with Crippen LogP contribution in [0.5, 0.6) is 0 Å². The van der Waals surface area contributed by atoms with E-state index in [2.05, 4.69) is 43.2 Å². The molecule has 23 heavy (non-hydrogen) atoms. The topological polar surface area (TPSA) is 85.8 Å². The predicted molar refractivity (Wildman–Crippen MR) is 84.5 cm³/mol. The smallest absolute Gasteiger partial charge is 0.200 e. The minimum absolute atomic E-state index is 0.610. The molecule has 3 aromatic heterocycles. The molecule has 0 aliphatic heterocycles. The zero-order valence-corrected chi connectivity index (χ0v) is 12.5. The standard InChI is InChI=1S/C15H14N8/c1-22-10-12(15(19-22)11-5-3-2-4-6-11)9-16-13-7-8-14-17-20-21-23(14)18-13/h2-8,10H,9H2,1H3,(H,16,18). The number of nitrogens with zero attached hydrogens (tertiary/aromatic N) is 7. The van der Waals surface area contributed by atoms with Crippen LogP contribution in [0.4, 0.5) is 5.82 Å². The molecule has 4 rings (SSSR count). The van der Waals surface area contributed by atoms with Crippen LogP contribution in [0.3, 0.4) is 0 Å². The van der Waals surface area contributed by atoms with E-state index in [1.54, 1.807) is 0 Å². The maximum absolute atomic E-state index is 4.55. The van der Waals surface area contributed by atoms with Crippen LogP contribution in [0.1, 0.15) is 5.56 Å². The Balaban J connectivity index is 1.59. The molecular formula is C15H14N8. The van der Waals surface area contributed by atoms with E-state index in [1.165, 1.54) is 4.63 Å². The van der Waals surface area contributed by atoms with Gasteiger partial charge in [0, 0.05) is 30.9 Å². The van der Waals surface area contributed by atoms with Crippen molar-refractivity contribution in [1.29, 1.82) is 0 Å². The van der Waals surface area contributed by atoms with Crippen LogP contribution in [0, 0.1) is 0 Å². The molecular weight excluding hydrogens is 292 g/mol.